The molecule has 0 aliphatic carbocycles. The van der Waals surface area contributed by atoms with Crippen molar-refractivity contribution in [3.63, 3.8) is 0 Å². The normalized spacial score (nSPS) is 32.2. The van der Waals surface area contributed by atoms with Gasteiger partial charge >= 0.3 is 0 Å². The topological polar surface area (TPSA) is 64.6 Å². The average Bonchev–Trinajstić information content (AvgIpc) is 2.87. The van der Waals surface area contributed by atoms with Gasteiger partial charge in [0.05, 0.1) is 16.7 Å². The third-order valence-electron chi connectivity index (χ3n) is 3.70. The van der Waals surface area contributed by atoms with E-state index in [1.165, 1.54) is 0 Å². The molecule has 110 valence electrons. The highest BCUT2D eigenvalue weighted by Crippen LogP contribution is 2.33. The molecule has 5 nitrogen and oxygen atoms in total. The molecule has 20 heavy (non-hydrogen) atoms. The van der Waals surface area contributed by atoms with E-state index in [4.69, 9.17) is 9.47 Å². The number of sulfone groups is 1. The number of benzene rings is 1. The van der Waals surface area contributed by atoms with Crippen LogP contribution >= 0.6 is 0 Å². The predicted molar refractivity (Wildman–Crippen MR) is 74.1 cm³/mol. The van der Waals surface area contributed by atoms with E-state index in [1.807, 2.05) is 13.8 Å². The molecule has 0 bridgehead atoms. The lowest BCUT2D eigenvalue weighted by molar-refractivity contribution is -0.152. The van der Waals surface area contributed by atoms with Gasteiger partial charge in [-0.2, -0.15) is 0 Å². The third kappa shape index (κ3) is 2.61. The molecule has 1 unspecified atom stereocenters. The van der Waals surface area contributed by atoms with Crippen LogP contribution in [0.15, 0.2) is 35.2 Å². The molecule has 1 aromatic carbocycles. The molecule has 2 saturated heterocycles. The van der Waals surface area contributed by atoms with Crippen molar-refractivity contribution in [2.24, 2.45) is 0 Å². The van der Waals surface area contributed by atoms with Crippen LogP contribution in [0.4, 0.5) is 0 Å². The fraction of sp³-hybridized carbons (Fsp3) is 0.571. The Morgan fingerprint density at radius 1 is 1.25 bits per heavy atom. The summed E-state index contributed by atoms with van der Waals surface area (Å²) in [5.74, 6) is -0.607. The summed E-state index contributed by atoms with van der Waals surface area (Å²) in [6.45, 7) is 4.34. The SMILES string of the molecule is CC1(C)O[C@@H]2CNC(CS(=O)(=O)c3ccccc3)[C@@H]2O1. The Hall–Kier alpha value is -0.950. The highest BCUT2D eigenvalue weighted by Gasteiger charge is 2.49. The third-order valence-corrected chi connectivity index (χ3v) is 5.49. The largest absolute Gasteiger partial charge is 0.343 e. The number of ether oxygens (including phenoxy) is 2. The van der Waals surface area contributed by atoms with E-state index >= 15 is 0 Å². The molecule has 2 aliphatic heterocycles. The van der Waals surface area contributed by atoms with Crippen molar-refractivity contribution < 1.29 is 17.9 Å². The molecule has 3 rings (SSSR count). The molecule has 2 heterocycles. The van der Waals surface area contributed by atoms with Gasteiger partial charge in [0.25, 0.3) is 0 Å². The molecule has 0 spiro atoms. The Morgan fingerprint density at radius 2 is 1.95 bits per heavy atom. The van der Waals surface area contributed by atoms with Crippen molar-refractivity contribution in [3.8, 4) is 0 Å². The lowest BCUT2D eigenvalue weighted by Crippen LogP contribution is -2.40. The molecular weight excluding hydrogens is 278 g/mol. The van der Waals surface area contributed by atoms with Crippen LogP contribution < -0.4 is 5.32 Å². The first kappa shape index (κ1) is 14.0. The van der Waals surface area contributed by atoms with E-state index in [-0.39, 0.29) is 24.0 Å². The standard InChI is InChI=1S/C14H19NO4S/c1-14(2)18-12-8-15-11(13(12)19-14)9-20(16,17)10-6-4-3-5-7-10/h3-7,11-13,15H,8-9H2,1-2H3/t11?,12-,13+/m1/s1. The van der Waals surface area contributed by atoms with E-state index in [1.54, 1.807) is 30.3 Å². The summed E-state index contributed by atoms with van der Waals surface area (Å²) in [5.41, 5.74) is 0. The van der Waals surface area contributed by atoms with Gasteiger partial charge in [0, 0.05) is 6.54 Å². The number of hydrogen-bond acceptors (Lipinski definition) is 5. The molecule has 1 N–H and O–H groups in total. The summed E-state index contributed by atoms with van der Waals surface area (Å²) in [4.78, 5) is 0.350. The van der Waals surface area contributed by atoms with E-state index in [2.05, 4.69) is 5.32 Å². The predicted octanol–water partition coefficient (Wildman–Crippen LogP) is 0.952. The maximum atomic E-state index is 12.4. The number of fused-ring (bicyclic) bond motifs is 1. The Kier molecular flexibility index (Phi) is 3.36. The maximum absolute atomic E-state index is 12.4. The molecule has 1 aromatic rings. The minimum absolute atomic E-state index is 0.0254. The second-order valence-electron chi connectivity index (χ2n) is 5.75. The summed E-state index contributed by atoms with van der Waals surface area (Å²) in [7, 11) is -3.32. The number of rotatable bonds is 3. The average molecular weight is 297 g/mol. The minimum atomic E-state index is -3.32. The van der Waals surface area contributed by atoms with Crippen LogP contribution in [0, 0.1) is 0 Å². The Balaban J connectivity index is 1.76. The molecule has 2 fully saturated rings. The first-order valence-electron chi connectivity index (χ1n) is 6.74. The van der Waals surface area contributed by atoms with Crippen LogP contribution in [0.1, 0.15) is 13.8 Å². The first-order valence-corrected chi connectivity index (χ1v) is 8.39. The van der Waals surface area contributed by atoms with Gasteiger partial charge in [0.15, 0.2) is 15.6 Å². The van der Waals surface area contributed by atoms with Gasteiger partial charge in [-0.1, -0.05) is 18.2 Å². The Bertz CT molecular complexity index is 584. The summed E-state index contributed by atoms with van der Waals surface area (Å²) in [6, 6.07) is 8.29. The van der Waals surface area contributed by atoms with E-state index in [0.29, 0.717) is 11.4 Å². The first-order chi connectivity index (χ1) is 9.37. The van der Waals surface area contributed by atoms with Crippen molar-refractivity contribution in [3.05, 3.63) is 30.3 Å². The molecule has 0 aromatic heterocycles. The Morgan fingerprint density at radius 3 is 2.65 bits per heavy atom. The molecule has 3 atom stereocenters. The molecule has 2 aliphatic rings. The van der Waals surface area contributed by atoms with Gasteiger partial charge in [-0.15, -0.1) is 0 Å². The highest BCUT2D eigenvalue weighted by atomic mass is 32.2. The number of hydrogen-bond donors (Lipinski definition) is 1. The summed E-state index contributed by atoms with van der Waals surface area (Å²) < 4.78 is 36.4. The minimum Gasteiger partial charge on any atom is -0.343 e. The van der Waals surface area contributed by atoms with Gasteiger partial charge in [-0.3, -0.25) is 0 Å². The lowest BCUT2D eigenvalue weighted by Gasteiger charge is -2.22. The smallest absolute Gasteiger partial charge is 0.180 e. The highest BCUT2D eigenvalue weighted by molar-refractivity contribution is 7.91. The van der Waals surface area contributed by atoms with Crippen molar-refractivity contribution in [1.29, 1.82) is 0 Å². The van der Waals surface area contributed by atoms with Crippen LogP contribution in [-0.2, 0) is 19.3 Å². The second kappa shape index (κ2) is 4.80. The van der Waals surface area contributed by atoms with Crippen molar-refractivity contribution in [1.82, 2.24) is 5.32 Å². The molecule has 0 radical (unpaired) electrons. The summed E-state index contributed by atoms with van der Waals surface area (Å²) >= 11 is 0. The van der Waals surface area contributed by atoms with Crippen molar-refractivity contribution >= 4 is 9.84 Å². The zero-order valence-electron chi connectivity index (χ0n) is 11.6. The van der Waals surface area contributed by atoms with Crippen LogP contribution in [0.2, 0.25) is 0 Å². The van der Waals surface area contributed by atoms with Crippen LogP contribution in [-0.4, -0.2) is 44.8 Å². The number of nitrogens with one attached hydrogen (secondary N) is 1. The summed E-state index contributed by atoms with van der Waals surface area (Å²) in [6.07, 6.45) is -0.274. The zero-order valence-corrected chi connectivity index (χ0v) is 12.4. The quantitative estimate of drug-likeness (QED) is 0.900. The van der Waals surface area contributed by atoms with E-state index in [9.17, 15) is 8.42 Å². The van der Waals surface area contributed by atoms with Crippen molar-refractivity contribution in [2.45, 2.75) is 42.8 Å². The molecular formula is C14H19NO4S. The zero-order chi connectivity index (χ0) is 14.4. The van der Waals surface area contributed by atoms with Gasteiger partial charge in [-0.05, 0) is 26.0 Å². The maximum Gasteiger partial charge on any atom is 0.180 e. The molecule has 0 amide bonds. The van der Waals surface area contributed by atoms with Crippen LogP contribution in [0.3, 0.4) is 0 Å². The summed E-state index contributed by atoms with van der Waals surface area (Å²) in [5, 5.41) is 3.19. The lowest BCUT2D eigenvalue weighted by atomic mass is 10.2. The van der Waals surface area contributed by atoms with Gasteiger partial charge in [0.2, 0.25) is 0 Å². The Labute approximate surface area is 119 Å². The molecule has 6 heteroatoms. The van der Waals surface area contributed by atoms with Gasteiger partial charge in [0.1, 0.15) is 12.2 Å². The van der Waals surface area contributed by atoms with Crippen LogP contribution in [0.25, 0.3) is 0 Å². The van der Waals surface area contributed by atoms with Gasteiger partial charge < -0.3 is 14.8 Å². The monoisotopic (exact) mass is 297 g/mol. The van der Waals surface area contributed by atoms with E-state index < -0.39 is 15.6 Å². The van der Waals surface area contributed by atoms with Crippen LogP contribution in [0.5, 0.6) is 0 Å². The fourth-order valence-corrected chi connectivity index (χ4v) is 4.40. The van der Waals surface area contributed by atoms with Gasteiger partial charge in [-0.25, -0.2) is 8.42 Å². The van der Waals surface area contributed by atoms with Crippen molar-refractivity contribution in [2.75, 3.05) is 12.3 Å². The molecule has 0 saturated carbocycles. The second-order valence-corrected chi connectivity index (χ2v) is 7.78. The fourth-order valence-electron chi connectivity index (χ4n) is 2.86. The van der Waals surface area contributed by atoms with E-state index in [0.717, 1.165) is 0 Å².